The Morgan fingerprint density at radius 3 is 2.61 bits per heavy atom. The second kappa shape index (κ2) is 7.42. The van der Waals surface area contributed by atoms with Gasteiger partial charge in [0.2, 0.25) is 5.91 Å². The van der Waals surface area contributed by atoms with E-state index < -0.39 is 0 Å². The zero-order valence-electron chi connectivity index (χ0n) is 19.5. The Hall–Kier alpha value is -2.66. The van der Waals surface area contributed by atoms with E-state index in [1.165, 1.54) is 5.56 Å². The van der Waals surface area contributed by atoms with Gasteiger partial charge < -0.3 is 9.64 Å². The topological polar surface area (TPSA) is 49.9 Å². The first kappa shape index (κ1) is 20.9. The van der Waals surface area contributed by atoms with Gasteiger partial charge in [0, 0.05) is 36.4 Å². The van der Waals surface area contributed by atoms with Gasteiger partial charge in [0.1, 0.15) is 5.75 Å². The molecule has 1 saturated carbocycles. The summed E-state index contributed by atoms with van der Waals surface area (Å²) < 4.78 is 5.77. The highest BCUT2D eigenvalue weighted by Crippen LogP contribution is 2.66. The lowest BCUT2D eigenvalue weighted by Gasteiger charge is -2.58. The Morgan fingerprint density at radius 2 is 1.85 bits per heavy atom. The fourth-order valence-electron chi connectivity index (χ4n) is 8.14. The molecular weight excluding hydrogens is 412 g/mol. The molecule has 0 aromatic heterocycles. The van der Waals surface area contributed by atoms with Gasteiger partial charge in [-0.1, -0.05) is 42.5 Å². The van der Waals surface area contributed by atoms with Gasteiger partial charge in [-0.05, 0) is 62.2 Å². The second-order valence-electron chi connectivity index (χ2n) is 10.5. The average molecular weight is 445 g/mol. The normalized spacial score (nSPS) is 32.1. The van der Waals surface area contributed by atoms with Crippen molar-refractivity contribution in [3.05, 3.63) is 59.7 Å². The zero-order chi connectivity index (χ0) is 22.8. The third-order valence-electron chi connectivity index (χ3n) is 9.10. The third kappa shape index (κ3) is 2.75. The highest BCUT2D eigenvalue weighted by Gasteiger charge is 2.69. The molecule has 5 heteroatoms. The number of rotatable bonds is 4. The van der Waals surface area contributed by atoms with Crippen LogP contribution >= 0.6 is 0 Å². The third-order valence-corrected chi connectivity index (χ3v) is 9.10. The van der Waals surface area contributed by atoms with Crippen LogP contribution in [0.15, 0.2) is 48.5 Å². The lowest BCUT2D eigenvalue weighted by atomic mass is 9.51. The maximum atomic E-state index is 13.5. The quantitative estimate of drug-likeness (QED) is 0.648. The molecule has 4 atom stereocenters. The van der Waals surface area contributed by atoms with Gasteiger partial charge in [-0.3, -0.25) is 14.5 Å². The smallest absolute Gasteiger partial charge is 0.224 e. The molecule has 2 saturated heterocycles. The van der Waals surface area contributed by atoms with Crippen molar-refractivity contribution in [1.82, 2.24) is 4.90 Å². The standard InChI is InChI=1S/C28H32N2O3/c1-19(31)30-24-12-14-27(18-22(32)20-8-4-3-5-9-20)13-7-16-29-17-15-28(24,26(27)29)21-10-6-11-23(33-2)25(21)30/h3-6,8-11,24,26H,7,12-18H2,1-2H3. The van der Waals surface area contributed by atoms with Crippen LogP contribution in [0.1, 0.15) is 61.4 Å². The second-order valence-corrected chi connectivity index (χ2v) is 10.5. The van der Waals surface area contributed by atoms with Gasteiger partial charge in [-0.15, -0.1) is 0 Å². The molecule has 0 radical (unpaired) electrons. The predicted octanol–water partition coefficient (Wildman–Crippen LogP) is 4.59. The summed E-state index contributed by atoms with van der Waals surface area (Å²) in [4.78, 5) is 31.2. The number of ether oxygens (including phenoxy) is 1. The van der Waals surface area contributed by atoms with Gasteiger partial charge in [-0.2, -0.15) is 0 Å². The first-order valence-electron chi connectivity index (χ1n) is 12.3. The molecule has 6 rings (SSSR count). The molecule has 1 aliphatic carbocycles. The number of amides is 1. The summed E-state index contributed by atoms with van der Waals surface area (Å²) in [6, 6.07) is 16.5. The Kier molecular flexibility index (Phi) is 4.70. The monoisotopic (exact) mass is 444 g/mol. The van der Waals surface area contributed by atoms with E-state index in [0.29, 0.717) is 6.42 Å². The molecule has 3 aliphatic heterocycles. The van der Waals surface area contributed by atoms with E-state index in [1.54, 1.807) is 14.0 Å². The first-order chi connectivity index (χ1) is 16.0. The SMILES string of the molecule is COc1cccc2c1N(C(C)=O)C1CCC3(CC(=O)c4ccccc4)CCCN4CCC21C43. The van der Waals surface area contributed by atoms with Crippen LogP contribution in [0.4, 0.5) is 5.69 Å². The van der Waals surface area contributed by atoms with Gasteiger partial charge in [0.15, 0.2) is 5.78 Å². The minimum atomic E-state index is -0.134. The number of ketones is 1. The van der Waals surface area contributed by atoms with Crippen LogP contribution in [0.5, 0.6) is 5.75 Å². The molecule has 5 nitrogen and oxygen atoms in total. The minimum Gasteiger partial charge on any atom is -0.495 e. The lowest BCUT2D eigenvalue weighted by Crippen LogP contribution is -2.65. The van der Waals surface area contributed by atoms with Crippen LogP contribution in [0, 0.1) is 5.41 Å². The highest BCUT2D eigenvalue weighted by molar-refractivity contribution is 5.99. The Labute approximate surface area is 195 Å². The number of methoxy groups -OCH3 is 1. The number of para-hydroxylation sites is 1. The fourth-order valence-corrected chi connectivity index (χ4v) is 8.14. The largest absolute Gasteiger partial charge is 0.495 e. The Morgan fingerprint density at radius 1 is 1.03 bits per heavy atom. The van der Waals surface area contributed by atoms with E-state index in [-0.39, 0.29) is 34.6 Å². The van der Waals surface area contributed by atoms with E-state index in [1.807, 2.05) is 41.3 Å². The van der Waals surface area contributed by atoms with Crippen LogP contribution in [0.25, 0.3) is 0 Å². The molecule has 1 amide bonds. The summed E-state index contributed by atoms with van der Waals surface area (Å²) in [5.74, 6) is 1.13. The summed E-state index contributed by atoms with van der Waals surface area (Å²) in [6.07, 6.45) is 5.77. The summed E-state index contributed by atoms with van der Waals surface area (Å²) in [7, 11) is 1.69. The Balaban J connectivity index is 1.50. The summed E-state index contributed by atoms with van der Waals surface area (Å²) in [5.41, 5.74) is 2.86. The molecule has 3 heterocycles. The number of fused-ring (bicyclic) bond motifs is 1. The number of hydrogen-bond donors (Lipinski definition) is 0. The van der Waals surface area contributed by atoms with Crippen molar-refractivity contribution >= 4 is 17.4 Å². The summed E-state index contributed by atoms with van der Waals surface area (Å²) >= 11 is 0. The molecule has 0 N–H and O–H groups in total. The number of carbonyl (C=O) groups excluding carboxylic acids is 2. The van der Waals surface area contributed by atoms with Crippen LogP contribution < -0.4 is 9.64 Å². The van der Waals surface area contributed by atoms with Crippen LogP contribution in [-0.2, 0) is 10.2 Å². The fraction of sp³-hybridized carbons (Fsp3) is 0.500. The maximum absolute atomic E-state index is 13.5. The molecule has 2 aromatic rings. The van der Waals surface area contributed by atoms with Crippen LogP contribution in [0.3, 0.4) is 0 Å². The van der Waals surface area contributed by atoms with E-state index in [2.05, 4.69) is 17.0 Å². The zero-order valence-corrected chi connectivity index (χ0v) is 19.5. The van der Waals surface area contributed by atoms with Gasteiger partial charge in [-0.25, -0.2) is 0 Å². The molecule has 4 unspecified atom stereocenters. The molecular formula is C28H32N2O3. The molecule has 172 valence electrons. The lowest BCUT2D eigenvalue weighted by molar-refractivity contribution is -0.118. The molecule has 2 aromatic carbocycles. The van der Waals surface area contributed by atoms with E-state index in [9.17, 15) is 9.59 Å². The number of anilines is 1. The maximum Gasteiger partial charge on any atom is 0.224 e. The van der Waals surface area contributed by atoms with Crippen LogP contribution in [-0.4, -0.2) is 48.9 Å². The number of benzene rings is 2. The number of piperidine rings is 1. The van der Waals surface area contributed by atoms with Crippen LogP contribution in [0.2, 0.25) is 0 Å². The van der Waals surface area contributed by atoms with Crippen molar-refractivity contribution in [2.75, 3.05) is 25.1 Å². The first-order valence-corrected chi connectivity index (χ1v) is 12.3. The number of nitrogens with zero attached hydrogens (tertiary/aromatic N) is 2. The summed E-state index contributed by atoms with van der Waals surface area (Å²) in [6.45, 7) is 3.80. The van der Waals surface area contributed by atoms with Crippen molar-refractivity contribution < 1.29 is 14.3 Å². The molecule has 33 heavy (non-hydrogen) atoms. The van der Waals surface area contributed by atoms with Crippen molar-refractivity contribution in [3.8, 4) is 5.75 Å². The number of carbonyl (C=O) groups is 2. The van der Waals surface area contributed by atoms with E-state index in [4.69, 9.17) is 4.74 Å². The van der Waals surface area contributed by atoms with Gasteiger partial charge >= 0.3 is 0 Å². The van der Waals surface area contributed by atoms with Crippen molar-refractivity contribution in [3.63, 3.8) is 0 Å². The Bertz CT molecular complexity index is 1120. The molecule has 3 fully saturated rings. The molecule has 1 spiro atoms. The predicted molar refractivity (Wildman–Crippen MR) is 128 cm³/mol. The summed E-state index contributed by atoms with van der Waals surface area (Å²) in [5, 5.41) is 0. The highest BCUT2D eigenvalue weighted by atomic mass is 16.5. The van der Waals surface area contributed by atoms with Crippen molar-refractivity contribution in [1.29, 1.82) is 0 Å². The molecule has 4 aliphatic rings. The number of hydrogen-bond acceptors (Lipinski definition) is 4. The average Bonchev–Trinajstić information content (AvgIpc) is 3.37. The van der Waals surface area contributed by atoms with Crippen molar-refractivity contribution in [2.45, 2.75) is 62.9 Å². The molecule has 0 bridgehead atoms. The van der Waals surface area contributed by atoms with E-state index >= 15 is 0 Å². The minimum absolute atomic E-state index is 0.0503. The van der Waals surface area contributed by atoms with Gasteiger partial charge in [0.05, 0.1) is 12.8 Å². The van der Waals surface area contributed by atoms with Gasteiger partial charge in [0.25, 0.3) is 0 Å². The number of Topliss-reactive ketones (excluding diaryl/α,β-unsaturated/α-hetero) is 1. The van der Waals surface area contributed by atoms with E-state index in [0.717, 1.165) is 62.2 Å². The van der Waals surface area contributed by atoms with Crippen molar-refractivity contribution in [2.24, 2.45) is 5.41 Å².